The van der Waals surface area contributed by atoms with Crippen molar-refractivity contribution in [2.24, 2.45) is 0 Å². The van der Waals surface area contributed by atoms with Crippen molar-refractivity contribution in [3.63, 3.8) is 0 Å². The summed E-state index contributed by atoms with van der Waals surface area (Å²) in [7, 11) is 0. The van der Waals surface area contributed by atoms with Crippen molar-refractivity contribution in [2.45, 2.75) is 38.6 Å². The fourth-order valence-corrected chi connectivity index (χ4v) is 4.26. The molecule has 2 aromatic rings. The van der Waals surface area contributed by atoms with E-state index in [0.717, 1.165) is 35.5 Å². The molecule has 1 amide bonds. The number of fused-ring (bicyclic) bond motifs is 1. The molecular formula is C21H22N4O2S. The number of hydrogen-bond donors (Lipinski definition) is 2. The summed E-state index contributed by atoms with van der Waals surface area (Å²) in [6.07, 6.45) is 11.9. The van der Waals surface area contributed by atoms with Gasteiger partial charge in [0.05, 0.1) is 11.0 Å². The number of pyridine rings is 1. The minimum absolute atomic E-state index is 0.00246. The Bertz CT molecular complexity index is 977. The molecule has 2 aliphatic rings. The number of aromatic nitrogens is 2. The molecule has 28 heavy (non-hydrogen) atoms. The fourth-order valence-electron chi connectivity index (χ4n) is 3.42. The van der Waals surface area contributed by atoms with E-state index in [1.54, 1.807) is 29.7 Å². The van der Waals surface area contributed by atoms with Gasteiger partial charge in [0.2, 0.25) is 5.91 Å². The SMILES string of the molecule is Cc1cnc(CC2=CC(C(=O)/C=C/c3cnc4c(c3)CCC(=O)N4)NCC2)s1. The molecule has 144 valence electrons. The van der Waals surface area contributed by atoms with Crippen LogP contribution in [0.25, 0.3) is 6.08 Å². The van der Waals surface area contributed by atoms with Gasteiger partial charge in [-0.2, -0.15) is 0 Å². The highest BCUT2D eigenvalue weighted by atomic mass is 32.1. The lowest BCUT2D eigenvalue weighted by Crippen LogP contribution is -2.38. The van der Waals surface area contributed by atoms with Gasteiger partial charge in [-0.1, -0.05) is 11.6 Å². The number of carbonyl (C=O) groups excluding carboxylic acids is 2. The van der Waals surface area contributed by atoms with Gasteiger partial charge in [0.15, 0.2) is 5.78 Å². The fraction of sp³-hybridized carbons (Fsp3) is 0.333. The molecule has 0 saturated heterocycles. The van der Waals surface area contributed by atoms with Gasteiger partial charge in [-0.3, -0.25) is 9.59 Å². The molecule has 0 radical (unpaired) electrons. The molecule has 0 aliphatic carbocycles. The Morgan fingerprint density at radius 2 is 2.18 bits per heavy atom. The normalized spacial score (nSPS) is 19.2. The van der Waals surface area contributed by atoms with Crippen molar-refractivity contribution in [1.82, 2.24) is 15.3 Å². The average Bonchev–Trinajstić information content (AvgIpc) is 3.10. The van der Waals surface area contributed by atoms with Crippen LogP contribution in [-0.2, 0) is 22.4 Å². The van der Waals surface area contributed by atoms with Crippen molar-refractivity contribution in [1.29, 1.82) is 0 Å². The highest BCUT2D eigenvalue weighted by Gasteiger charge is 2.19. The van der Waals surface area contributed by atoms with Crippen molar-refractivity contribution in [2.75, 3.05) is 11.9 Å². The summed E-state index contributed by atoms with van der Waals surface area (Å²) in [6, 6.07) is 1.68. The summed E-state index contributed by atoms with van der Waals surface area (Å²) in [5.74, 6) is 0.648. The molecule has 1 unspecified atom stereocenters. The van der Waals surface area contributed by atoms with E-state index in [1.165, 1.54) is 10.5 Å². The molecule has 0 spiro atoms. The van der Waals surface area contributed by atoms with Gasteiger partial charge in [0.25, 0.3) is 0 Å². The minimum atomic E-state index is -0.300. The summed E-state index contributed by atoms with van der Waals surface area (Å²) >= 11 is 1.71. The predicted octanol–water partition coefficient (Wildman–Crippen LogP) is 2.84. The number of thiazole rings is 1. The van der Waals surface area contributed by atoms with Crippen molar-refractivity contribution >= 4 is 34.9 Å². The van der Waals surface area contributed by atoms with E-state index in [-0.39, 0.29) is 17.7 Å². The summed E-state index contributed by atoms with van der Waals surface area (Å²) < 4.78 is 0. The first-order chi connectivity index (χ1) is 13.6. The number of nitrogens with one attached hydrogen (secondary N) is 2. The van der Waals surface area contributed by atoms with E-state index in [9.17, 15) is 9.59 Å². The van der Waals surface area contributed by atoms with Crippen LogP contribution < -0.4 is 10.6 Å². The molecule has 2 aromatic heterocycles. The second-order valence-electron chi connectivity index (χ2n) is 7.11. The van der Waals surface area contributed by atoms with Gasteiger partial charge >= 0.3 is 0 Å². The zero-order valence-electron chi connectivity index (χ0n) is 15.7. The molecule has 0 bridgehead atoms. The molecule has 2 aliphatic heterocycles. The van der Waals surface area contributed by atoms with Gasteiger partial charge in [-0.15, -0.1) is 11.3 Å². The van der Waals surface area contributed by atoms with Crippen LogP contribution in [0, 0.1) is 6.92 Å². The molecule has 4 heterocycles. The molecule has 0 fully saturated rings. The number of amides is 1. The number of carbonyl (C=O) groups is 2. The summed E-state index contributed by atoms with van der Waals surface area (Å²) in [5, 5.41) is 7.14. The molecular weight excluding hydrogens is 372 g/mol. The Morgan fingerprint density at radius 3 is 3.00 bits per heavy atom. The van der Waals surface area contributed by atoms with Crippen LogP contribution in [0.3, 0.4) is 0 Å². The maximum atomic E-state index is 12.6. The van der Waals surface area contributed by atoms with Crippen molar-refractivity contribution < 1.29 is 9.59 Å². The van der Waals surface area contributed by atoms with Crippen molar-refractivity contribution in [3.05, 3.63) is 57.2 Å². The molecule has 1 atom stereocenters. The Labute approximate surface area is 167 Å². The average molecular weight is 395 g/mol. The van der Waals surface area contributed by atoms with Crippen LogP contribution in [0.15, 0.2) is 36.2 Å². The Hall–Kier alpha value is -2.64. The predicted molar refractivity (Wildman–Crippen MR) is 110 cm³/mol. The molecule has 2 N–H and O–H groups in total. The number of anilines is 1. The van der Waals surface area contributed by atoms with Crippen LogP contribution in [0.2, 0.25) is 0 Å². The molecule has 4 rings (SSSR count). The third-order valence-electron chi connectivity index (χ3n) is 4.87. The first kappa shape index (κ1) is 18.7. The van der Waals surface area contributed by atoms with Gasteiger partial charge < -0.3 is 10.6 Å². The van der Waals surface area contributed by atoms with Gasteiger partial charge in [0.1, 0.15) is 5.82 Å². The maximum absolute atomic E-state index is 12.6. The van der Waals surface area contributed by atoms with Crippen LogP contribution in [-0.4, -0.2) is 34.2 Å². The maximum Gasteiger partial charge on any atom is 0.225 e. The molecule has 0 aromatic carbocycles. The zero-order valence-corrected chi connectivity index (χ0v) is 16.5. The minimum Gasteiger partial charge on any atom is -0.310 e. The number of nitrogens with zero attached hydrogens (tertiary/aromatic N) is 2. The highest BCUT2D eigenvalue weighted by Crippen LogP contribution is 2.22. The van der Waals surface area contributed by atoms with E-state index in [0.29, 0.717) is 18.7 Å². The number of ketones is 1. The van der Waals surface area contributed by atoms with Gasteiger partial charge in [0, 0.05) is 30.1 Å². The van der Waals surface area contributed by atoms with Crippen LogP contribution in [0.5, 0.6) is 0 Å². The van der Waals surface area contributed by atoms with Gasteiger partial charge in [-0.05, 0) is 55.7 Å². The Morgan fingerprint density at radius 1 is 1.29 bits per heavy atom. The largest absolute Gasteiger partial charge is 0.310 e. The number of rotatable bonds is 5. The van der Waals surface area contributed by atoms with E-state index >= 15 is 0 Å². The monoisotopic (exact) mass is 394 g/mol. The number of aryl methyl sites for hydroxylation is 2. The summed E-state index contributed by atoms with van der Waals surface area (Å²) in [5.41, 5.74) is 3.12. The molecule has 6 nitrogen and oxygen atoms in total. The third-order valence-corrected chi connectivity index (χ3v) is 5.79. The lowest BCUT2D eigenvalue weighted by atomic mass is 9.98. The molecule has 7 heteroatoms. The number of hydrogen-bond acceptors (Lipinski definition) is 6. The third kappa shape index (κ3) is 4.43. The van der Waals surface area contributed by atoms with E-state index in [4.69, 9.17) is 0 Å². The Balaban J connectivity index is 1.42. The molecule has 0 saturated carbocycles. The highest BCUT2D eigenvalue weighted by molar-refractivity contribution is 7.11. The summed E-state index contributed by atoms with van der Waals surface area (Å²) in [4.78, 5) is 34.0. The Kier molecular flexibility index (Phi) is 5.45. The van der Waals surface area contributed by atoms with E-state index in [1.807, 2.05) is 18.3 Å². The second kappa shape index (κ2) is 8.16. The first-order valence-electron chi connectivity index (χ1n) is 9.42. The topological polar surface area (TPSA) is 84.0 Å². The van der Waals surface area contributed by atoms with Crippen LogP contribution >= 0.6 is 11.3 Å². The second-order valence-corrected chi connectivity index (χ2v) is 8.43. The van der Waals surface area contributed by atoms with Gasteiger partial charge in [-0.25, -0.2) is 9.97 Å². The quantitative estimate of drug-likeness (QED) is 0.602. The lowest BCUT2D eigenvalue weighted by molar-refractivity contribution is -0.116. The smallest absolute Gasteiger partial charge is 0.225 e. The standard InChI is InChI=1S/C21H22N4O2S/c1-13-11-23-20(28-13)10-14-6-7-22-17(9-14)18(26)4-2-15-8-16-3-5-19(27)25-21(16)24-12-15/h2,4,8-9,11-12,17,22H,3,5-7,10H2,1H3,(H,24,25,27)/b4-2+. The lowest BCUT2D eigenvalue weighted by Gasteiger charge is -2.20. The van der Waals surface area contributed by atoms with Crippen molar-refractivity contribution in [3.8, 4) is 0 Å². The van der Waals surface area contributed by atoms with Crippen LogP contribution in [0.4, 0.5) is 5.82 Å². The van der Waals surface area contributed by atoms with Crippen LogP contribution in [0.1, 0.15) is 33.9 Å². The van der Waals surface area contributed by atoms with E-state index < -0.39 is 0 Å². The zero-order chi connectivity index (χ0) is 19.5. The van der Waals surface area contributed by atoms with E-state index in [2.05, 4.69) is 27.5 Å². The summed E-state index contributed by atoms with van der Waals surface area (Å²) in [6.45, 7) is 2.85. The first-order valence-corrected chi connectivity index (χ1v) is 10.2.